The average Bonchev–Trinajstić information content (AvgIpc) is 2.18. The van der Waals surface area contributed by atoms with Gasteiger partial charge in [0.05, 0.1) is 6.61 Å². The first kappa shape index (κ1) is 8.76. The fourth-order valence-electron chi connectivity index (χ4n) is 2.21. The smallest absolute Gasteiger partial charge is 0.0681 e. The summed E-state index contributed by atoms with van der Waals surface area (Å²) in [5.41, 5.74) is 3.99. The molecule has 1 aromatic rings. The Bertz CT molecular complexity index is 304. The largest absolute Gasteiger partial charge is 0.392 e. The van der Waals surface area contributed by atoms with E-state index in [1.165, 1.54) is 30.4 Å². The van der Waals surface area contributed by atoms with Crippen molar-refractivity contribution in [2.45, 2.75) is 38.7 Å². The molecule has 1 unspecified atom stereocenters. The number of benzene rings is 1. The summed E-state index contributed by atoms with van der Waals surface area (Å²) in [5.74, 6) is 0.705. The SMILES string of the molecule is CC1CCCc2cc(CO)ccc21. The Labute approximate surface area is 79.4 Å². The molecule has 0 saturated carbocycles. The molecule has 1 atom stereocenters. The van der Waals surface area contributed by atoms with Gasteiger partial charge in [0, 0.05) is 0 Å². The van der Waals surface area contributed by atoms with Gasteiger partial charge in [-0.3, -0.25) is 0 Å². The van der Waals surface area contributed by atoms with Crippen molar-refractivity contribution in [2.75, 3.05) is 0 Å². The number of aliphatic hydroxyl groups is 1. The third-order valence-corrected chi connectivity index (χ3v) is 3.00. The molecule has 1 N–H and O–H groups in total. The molecule has 70 valence electrons. The van der Waals surface area contributed by atoms with Crippen molar-refractivity contribution in [2.24, 2.45) is 0 Å². The van der Waals surface area contributed by atoms with E-state index in [0.717, 1.165) is 5.56 Å². The quantitative estimate of drug-likeness (QED) is 0.697. The molecule has 0 bridgehead atoms. The van der Waals surface area contributed by atoms with Gasteiger partial charge in [-0.15, -0.1) is 0 Å². The van der Waals surface area contributed by atoms with Gasteiger partial charge in [-0.05, 0) is 41.9 Å². The van der Waals surface area contributed by atoms with Gasteiger partial charge in [0.2, 0.25) is 0 Å². The van der Waals surface area contributed by atoms with E-state index >= 15 is 0 Å². The molecule has 13 heavy (non-hydrogen) atoms. The minimum absolute atomic E-state index is 0.168. The molecule has 0 saturated heterocycles. The third-order valence-electron chi connectivity index (χ3n) is 3.00. The Morgan fingerprint density at radius 3 is 3.08 bits per heavy atom. The van der Waals surface area contributed by atoms with Gasteiger partial charge in [0.25, 0.3) is 0 Å². The number of hydrogen-bond donors (Lipinski definition) is 1. The average molecular weight is 176 g/mol. The normalized spacial score (nSPS) is 21.2. The van der Waals surface area contributed by atoms with Crippen molar-refractivity contribution in [3.63, 3.8) is 0 Å². The second-order valence-electron chi connectivity index (χ2n) is 3.98. The van der Waals surface area contributed by atoms with Crippen LogP contribution in [0, 0.1) is 0 Å². The van der Waals surface area contributed by atoms with Crippen LogP contribution in [0.25, 0.3) is 0 Å². The first-order valence-corrected chi connectivity index (χ1v) is 5.04. The molecule has 1 aromatic carbocycles. The highest BCUT2D eigenvalue weighted by Crippen LogP contribution is 2.31. The number of rotatable bonds is 1. The number of aliphatic hydroxyl groups excluding tert-OH is 1. The van der Waals surface area contributed by atoms with Crippen LogP contribution in [0.15, 0.2) is 18.2 Å². The molecule has 0 radical (unpaired) electrons. The molecule has 0 aliphatic heterocycles. The van der Waals surface area contributed by atoms with Crippen LogP contribution >= 0.6 is 0 Å². The van der Waals surface area contributed by atoms with Gasteiger partial charge < -0.3 is 5.11 Å². The highest BCUT2D eigenvalue weighted by atomic mass is 16.3. The number of fused-ring (bicyclic) bond motifs is 1. The first-order valence-electron chi connectivity index (χ1n) is 5.04. The van der Waals surface area contributed by atoms with E-state index < -0.39 is 0 Å². The van der Waals surface area contributed by atoms with Crippen molar-refractivity contribution < 1.29 is 5.11 Å². The van der Waals surface area contributed by atoms with Crippen LogP contribution < -0.4 is 0 Å². The van der Waals surface area contributed by atoms with Crippen molar-refractivity contribution in [1.29, 1.82) is 0 Å². The van der Waals surface area contributed by atoms with Crippen LogP contribution in [0.4, 0.5) is 0 Å². The molecule has 0 spiro atoms. The molecule has 0 aromatic heterocycles. The predicted molar refractivity (Wildman–Crippen MR) is 53.7 cm³/mol. The van der Waals surface area contributed by atoms with Crippen molar-refractivity contribution in [1.82, 2.24) is 0 Å². The topological polar surface area (TPSA) is 20.2 Å². The zero-order valence-corrected chi connectivity index (χ0v) is 8.09. The molecule has 1 nitrogen and oxygen atoms in total. The summed E-state index contributed by atoms with van der Waals surface area (Å²) in [4.78, 5) is 0. The van der Waals surface area contributed by atoms with E-state index in [2.05, 4.69) is 19.1 Å². The maximum absolute atomic E-state index is 9.01. The summed E-state index contributed by atoms with van der Waals surface area (Å²) in [5, 5.41) is 9.01. The highest BCUT2D eigenvalue weighted by molar-refractivity contribution is 5.35. The first-order chi connectivity index (χ1) is 6.31. The minimum Gasteiger partial charge on any atom is -0.392 e. The van der Waals surface area contributed by atoms with Crippen LogP contribution in [0.2, 0.25) is 0 Å². The number of aryl methyl sites for hydroxylation is 1. The van der Waals surface area contributed by atoms with Crippen LogP contribution in [0.5, 0.6) is 0 Å². The van der Waals surface area contributed by atoms with Gasteiger partial charge in [0.1, 0.15) is 0 Å². The summed E-state index contributed by atoms with van der Waals surface area (Å²) >= 11 is 0. The van der Waals surface area contributed by atoms with Gasteiger partial charge in [-0.1, -0.05) is 25.1 Å². The summed E-state index contributed by atoms with van der Waals surface area (Å²) < 4.78 is 0. The number of hydrogen-bond acceptors (Lipinski definition) is 1. The second kappa shape index (κ2) is 3.51. The summed E-state index contributed by atoms with van der Waals surface area (Å²) in [6.45, 7) is 2.46. The van der Waals surface area contributed by atoms with Crippen LogP contribution in [0.3, 0.4) is 0 Å². The lowest BCUT2D eigenvalue weighted by Gasteiger charge is -2.22. The van der Waals surface area contributed by atoms with E-state index in [1.54, 1.807) is 0 Å². The summed E-state index contributed by atoms with van der Waals surface area (Å²) in [6, 6.07) is 6.39. The monoisotopic (exact) mass is 176 g/mol. The molecule has 1 aliphatic rings. The predicted octanol–water partition coefficient (Wildman–Crippen LogP) is 2.62. The van der Waals surface area contributed by atoms with Crippen molar-refractivity contribution >= 4 is 0 Å². The van der Waals surface area contributed by atoms with E-state index in [9.17, 15) is 0 Å². The fourth-order valence-corrected chi connectivity index (χ4v) is 2.21. The lowest BCUT2D eigenvalue weighted by atomic mass is 9.83. The van der Waals surface area contributed by atoms with Crippen molar-refractivity contribution in [3.8, 4) is 0 Å². The Morgan fingerprint density at radius 2 is 2.31 bits per heavy atom. The zero-order valence-electron chi connectivity index (χ0n) is 8.09. The lowest BCUT2D eigenvalue weighted by Crippen LogP contribution is -2.07. The minimum atomic E-state index is 0.168. The molecule has 0 heterocycles. The van der Waals surface area contributed by atoms with E-state index in [1.807, 2.05) is 6.07 Å². The Morgan fingerprint density at radius 1 is 1.46 bits per heavy atom. The molecule has 0 fully saturated rings. The fraction of sp³-hybridized carbons (Fsp3) is 0.500. The van der Waals surface area contributed by atoms with Crippen LogP contribution in [-0.4, -0.2) is 5.11 Å². The van der Waals surface area contributed by atoms with Crippen LogP contribution in [0.1, 0.15) is 42.4 Å². The molecular formula is C12H16O. The second-order valence-corrected chi connectivity index (χ2v) is 3.98. The summed E-state index contributed by atoms with van der Waals surface area (Å²) in [7, 11) is 0. The Kier molecular flexibility index (Phi) is 2.36. The molecule has 0 amide bonds. The standard InChI is InChI=1S/C12H16O/c1-9-3-2-4-11-7-10(8-13)5-6-12(9)11/h5-7,9,13H,2-4,8H2,1H3. The Balaban J connectivity index is 2.39. The van der Waals surface area contributed by atoms with E-state index in [0.29, 0.717) is 5.92 Å². The molecule has 1 heteroatoms. The van der Waals surface area contributed by atoms with Gasteiger partial charge >= 0.3 is 0 Å². The zero-order chi connectivity index (χ0) is 9.26. The third kappa shape index (κ3) is 1.61. The maximum atomic E-state index is 9.01. The molecule has 2 rings (SSSR count). The molecule has 1 aliphatic carbocycles. The van der Waals surface area contributed by atoms with Gasteiger partial charge in [-0.2, -0.15) is 0 Å². The van der Waals surface area contributed by atoms with Crippen LogP contribution in [-0.2, 0) is 13.0 Å². The Hall–Kier alpha value is -0.820. The lowest BCUT2D eigenvalue weighted by molar-refractivity contribution is 0.281. The van der Waals surface area contributed by atoms with Gasteiger partial charge in [0.15, 0.2) is 0 Å². The van der Waals surface area contributed by atoms with Gasteiger partial charge in [-0.25, -0.2) is 0 Å². The van der Waals surface area contributed by atoms with Crippen molar-refractivity contribution in [3.05, 3.63) is 34.9 Å². The maximum Gasteiger partial charge on any atom is 0.0681 e. The highest BCUT2D eigenvalue weighted by Gasteiger charge is 2.15. The molecular weight excluding hydrogens is 160 g/mol. The summed E-state index contributed by atoms with van der Waals surface area (Å²) in [6.07, 6.45) is 3.79. The van der Waals surface area contributed by atoms with E-state index in [4.69, 9.17) is 5.11 Å². The van der Waals surface area contributed by atoms with E-state index in [-0.39, 0.29) is 6.61 Å².